The van der Waals surface area contributed by atoms with Crippen LogP contribution in [0.15, 0.2) is 24.3 Å². The van der Waals surface area contributed by atoms with E-state index in [0.29, 0.717) is 5.92 Å². The van der Waals surface area contributed by atoms with Crippen LogP contribution in [0.1, 0.15) is 38.3 Å². The number of benzene rings is 1. The fraction of sp³-hybridized carbons (Fsp3) is 0.600. The van der Waals surface area contributed by atoms with Crippen molar-refractivity contribution in [1.82, 2.24) is 4.90 Å². The van der Waals surface area contributed by atoms with Gasteiger partial charge in [0, 0.05) is 23.7 Å². The van der Waals surface area contributed by atoms with Crippen LogP contribution in [-0.4, -0.2) is 29.0 Å². The van der Waals surface area contributed by atoms with Crippen molar-refractivity contribution in [1.29, 1.82) is 0 Å². The number of piperidine rings is 1. The topological polar surface area (TPSA) is 72.4 Å². The Balaban J connectivity index is 2.09. The maximum absolute atomic E-state index is 11.1. The van der Waals surface area contributed by atoms with E-state index < -0.39 is 0 Å². The van der Waals surface area contributed by atoms with E-state index in [-0.39, 0.29) is 22.7 Å². The van der Waals surface area contributed by atoms with Crippen LogP contribution in [0.4, 0.5) is 5.69 Å². The van der Waals surface area contributed by atoms with Crippen LogP contribution in [0.2, 0.25) is 0 Å². The predicted molar refractivity (Wildman–Crippen MR) is 79.5 cm³/mol. The lowest BCUT2D eigenvalue weighted by Gasteiger charge is -2.37. The van der Waals surface area contributed by atoms with Crippen LogP contribution in [-0.2, 0) is 0 Å². The van der Waals surface area contributed by atoms with Crippen LogP contribution in [0.25, 0.3) is 0 Å². The molecule has 0 saturated carbocycles. The number of nitrogens with zero attached hydrogens (tertiary/aromatic N) is 2. The second kappa shape index (κ2) is 6.33. The summed E-state index contributed by atoms with van der Waals surface area (Å²) in [4.78, 5) is 13.2. The summed E-state index contributed by atoms with van der Waals surface area (Å²) in [5.74, 6) is 0.573. The molecule has 2 unspecified atom stereocenters. The highest BCUT2D eigenvalue weighted by Gasteiger charge is 2.28. The third-order valence-corrected chi connectivity index (χ3v) is 4.45. The molecule has 1 heterocycles. The smallest absolute Gasteiger partial charge is 0.274 e. The van der Waals surface area contributed by atoms with Crippen molar-refractivity contribution in [2.75, 3.05) is 13.1 Å². The van der Waals surface area contributed by atoms with Crippen molar-refractivity contribution < 1.29 is 4.92 Å². The maximum Gasteiger partial charge on any atom is 0.274 e. The van der Waals surface area contributed by atoms with Crippen LogP contribution in [0.3, 0.4) is 0 Å². The molecule has 1 aliphatic heterocycles. The van der Waals surface area contributed by atoms with Gasteiger partial charge in [0.05, 0.1) is 4.92 Å². The number of nitrogens with two attached hydrogens (primary N) is 1. The first-order valence-corrected chi connectivity index (χ1v) is 7.23. The molecule has 5 heteroatoms. The Bertz CT molecular complexity index is 468. The molecule has 1 aliphatic rings. The molecule has 0 amide bonds. The summed E-state index contributed by atoms with van der Waals surface area (Å²) in [6.45, 7) is 6.03. The van der Waals surface area contributed by atoms with Gasteiger partial charge < -0.3 is 5.73 Å². The third kappa shape index (κ3) is 3.16. The standard InChI is InChI=1S/C15H23N3O2/c1-11(16)13-7-9-17(10-8-13)12(2)14-5-3-4-6-15(14)18(19)20/h3-6,11-13H,7-10,16H2,1-2H3. The fourth-order valence-electron chi connectivity index (χ4n) is 3.04. The van der Waals surface area contributed by atoms with Gasteiger partial charge in [0.25, 0.3) is 5.69 Å². The number of para-hydroxylation sites is 1. The van der Waals surface area contributed by atoms with E-state index in [1.807, 2.05) is 12.1 Å². The molecule has 0 radical (unpaired) electrons. The average molecular weight is 277 g/mol. The first-order valence-electron chi connectivity index (χ1n) is 7.23. The zero-order valence-electron chi connectivity index (χ0n) is 12.2. The van der Waals surface area contributed by atoms with E-state index in [1.54, 1.807) is 12.1 Å². The molecule has 1 aromatic rings. The van der Waals surface area contributed by atoms with Crippen LogP contribution in [0, 0.1) is 16.0 Å². The molecule has 20 heavy (non-hydrogen) atoms. The molecular formula is C15H23N3O2. The number of likely N-dealkylation sites (tertiary alicyclic amines) is 1. The van der Waals surface area contributed by atoms with Gasteiger partial charge in [-0.25, -0.2) is 0 Å². The van der Waals surface area contributed by atoms with Crippen molar-refractivity contribution in [3.05, 3.63) is 39.9 Å². The number of nitro groups is 1. The lowest BCUT2D eigenvalue weighted by molar-refractivity contribution is -0.386. The number of hydrogen-bond acceptors (Lipinski definition) is 4. The molecule has 2 rings (SSSR count). The van der Waals surface area contributed by atoms with E-state index in [1.165, 1.54) is 0 Å². The van der Waals surface area contributed by atoms with E-state index >= 15 is 0 Å². The molecular weight excluding hydrogens is 254 g/mol. The zero-order valence-corrected chi connectivity index (χ0v) is 12.2. The Morgan fingerprint density at radius 1 is 1.30 bits per heavy atom. The SMILES string of the molecule is CC(N)C1CCN(C(C)c2ccccc2[N+](=O)[O-])CC1. The van der Waals surface area contributed by atoms with Crippen LogP contribution >= 0.6 is 0 Å². The summed E-state index contributed by atoms with van der Waals surface area (Å²) in [6.07, 6.45) is 2.14. The Hall–Kier alpha value is -1.46. The zero-order chi connectivity index (χ0) is 14.7. The van der Waals surface area contributed by atoms with Gasteiger partial charge in [-0.15, -0.1) is 0 Å². The third-order valence-electron chi connectivity index (χ3n) is 4.45. The van der Waals surface area contributed by atoms with Gasteiger partial charge in [-0.3, -0.25) is 15.0 Å². The van der Waals surface area contributed by atoms with E-state index in [9.17, 15) is 10.1 Å². The van der Waals surface area contributed by atoms with Gasteiger partial charge in [-0.05, 0) is 45.7 Å². The molecule has 1 fully saturated rings. The minimum atomic E-state index is -0.291. The highest BCUT2D eigenvalue weighted by molar-refractivity contribution is 5.41. The molecule has 0 aromatic heterocycles. The highest BCUT2D eigenvalue weighted by Crippen LogP contribution is 2.32. The summed E-state index contributed by atoms with van der Waals surface area (Å²) in [5, 5.41) is 11.1. The van der Waals surface area contributed by atoms with Gasteiger partial charge in [0.2, 0.25) is 0 Å². The van der Waals surface area contributed by atoms with Gasteiger partial charge in [-0.2, -0.15) is 0 Å². The molecule has 110 valence electrons. The number of rotatable bonds is 4. The largest absolute Gasteiger partial charge is 0.328 e. The summed E-state index contributed by atoms with van der Waals surface area (Å²) in [6, 6.07) is 7.34. The minimum absolute atomic E-state index is 0.0747. The minimum Gasteiger partial charge on any atom is -0.328 e. The summed E-state index contributed by atoms with van der Waals surface area (Å²) < 4.78 is 0. The molecule has 1 saturated heterocycles. The second-order valence-corrected chi connectivity index (χ2v) is 5.72. The molecule has 5 nitrogen and oxygen atoms in total. The predicted octanol–water partition coefficient (Wildman–Crippen LogP) is 2.72. The molecule has 2 N–H and O–H groups in total. The van der Waals surface area contributed by atoms with Crippen LogP contribution in [0.5, 0.6) is 0 Å². The molecule has 0 aliphatic carbocycles. The summed E-state index contributed by atoms with van der Waals surface area (Å²) in [5.41, 5.74) is 6.98. The molecule has 0 spiro atoms. The molecule has 0 bridgehead atoms. The maximum atomic E-state index is 11.1. The molecule has 2 atom stereocenters. The van der Waals surface area contributed by atoms with Crippen molar-refractivity contribution >= 4 is 5.69 Å². The average Bonchev–Trinajstić information content (AvgIpc) is 2.46. The van der Waals surface area contributed by atoms with E-state index in [0.717, 1.165) is 31.5 Å². The Morgan fingerprint density at radius 2 is 1.90 bits per heavy atom. The van der Waals surface area contributed by atoms with Crippen molar-refractivity contribution in [3.63, 3.8) is 0 Å². The normalized spacial score (nSPS) is 20.6. The molecule has 1 aromatic carbocycles. The first kappa shape index (κ1) is 14.9. The van der Waals surface area contributed by atoms with Crippen molar-refractivity contribution in [3.8, 4) is 0 Å². The lowest BCUT2D eigenvalue weighted by atomic mass is 9.89. The van der Waals surface area contributed by atoms with Gasteiger partial charge >= 0.3 is 0 Å². The fourth-order valence-corrected chi connectivity index (χ4v) is 3.04. The first-order chi connectivity index (χ1) is 9.50. The Labute approximate surface area is 119 Å². The Morgan fingerprint density at radius 3 is 2.45 bits per heavy atom. The number of hydrogen-bond donors (Lipinski definition) is 1. The quantitative estimate of drug-likeness (QED) is 0.678. The van der Waals surface area contributed by atoms with Crippen molar-refractivity contribution in [2.24, 2.45) is 11.7 Å². The second-order valence-electron chi connectivity index (χ2n) is 5.72. The summed E-state index contributed by atoms with van der Waals surface area (Å²) in [7, 11) is 0. The number of nitro benzene ring substituents is 1. The lowest BCUT2D eigenvalue weighted by Crippen LogP contribution is -2.40. The van der Waals surface area contributed by atoms with Gasteiger partial charge in [-0.1, -0.05) is 18.2 Å². The monoisotopic (exact) mass is 277 g/mol. The van der Waals surface area contributed by atoms with Gasteiger partial charge in [0.15, 0.2) is 0 Å². The highest BCUT2D eigenvalue weighted by atomic mass is 16.6. The van der Waals surface area contributed by atoms with E-state index in [4.69, 9.17) is 5.73 Å². The van der Waals surface area contributed by atoms with Crippen LogP contribution < -0.4 is 5.73 Å². The van der Waals surface area contributed by atoms with Gasteiger partial charge in [0.1, 0.15) is 0 Å². The summed E-state index contributed by atoms with van der Waals surface area (Å²) >= 11 is 0. The Kier molecular flexibility index (Phi) is 4.73. The van der Waals surface area contributed by atoms with E-state index in [2.05, 4.69) is 18.7 Å². The van der Waals surface area contributed by atoms with Crippen molar-refractivity contribution in [2.45, 2.75) is 38.8 Å².